The van der Waals surface area contributed by atoms with Crippen LogP contribution < -0.4 is 5.32 Å². The summed E-state index contributed by atoms with van der Waals surface area (Å²) in [5, 5.41) is 5.26. The summed E-state index contributed by atoms with van der Waals surface area (Å²) in [5.41, 5.74) is 1.61. The number of fused-ring (bicyclic) bond motifs is 1. The zero-order chi connectivity index (χ0) is 19.7. The van der Waals surface area contributed by atoms with E-state index in [0.29, 0.717) is 31.0 Å². The number of hydrogen-bond donors (Lipinski definition) is 1. The fraction of sp³-hybridized carbons (Fsp3) is 0.368. The number of carbonyl (C=O) groups is 2. The number of anilines is 1. The van der Waals surface area contributed by atoms with Crippen molar-refractivity contribution in [3.63, 3.8) is 0 Å². The molecular formula is C19H22N6O2S. The highest BCUT2D eigenvalue weighted by molar-refractivity contribution is 7.15. The molecule has 28 heavy (non-hydrogen) atoms. The summed E-state index contributed by atoms with van der Waals surface area (Å²) in [6, 6.07) is 3.69. The minimum Gasteiger partial charge on any atom is -0.364 e. The number of thiazole rings is 1. The van der Waals surface area contributed by atoms with Gasteiger partial charge in [-0.2, -0.15) is 0 Å². The van der Waals surface area contributed by atoms with Gasteiger partial charge in [-0.1, -0.05) is 0 Å². The van der Waals surface area contributed by atoms with E-state index in [1.807, 2.05) is 28.2 Å². The average molecular weight is 398 g/mol. The molecule has 3 aromatic rings. The van der Waals surface area contributed by atoms with Gasteiger partial charge in [0, 0.05) is 44.8 Å². The van der Waals surface area contributed by atoms with E-state index in [2.05, 4.69) is 15.3 Å². The first kappa shape index (κ1) is 18.4. The fourth-order valence-corrected chi connectivity index (χ4v) is 4.10. The molecule has 1 atom stereocenters. The van der Waals surface area contributed by atoms with Gasteiger partial charge in [-0.15, -0.1) is 11.3 Å². The number of nitrogens with one attached hydrogen (secondary N) is 1. The van der Waals surface area contributed by atoms with Crippen molar-refractivity contribution in [2.24, 2.45) is 0 Å². The Kier molecular flexibility index (Phi) is 4.99. The summed E-state index contributed by atoms with van der Waals surface area (Å²) in [4.78, 5) is 37.4. The van der Waals surface area contributed by atoms with Gasteiger partial charge in [0.15, 0.2) is 4.96 Å². The Labute approximate surface area is 166 Å². The van der Waals surface area contributed by atoms with Gasteiger partial charge in [-0.05, 0) is 18.6 Å². The molecule has 1 N–H and O–H groups in total. The van der Waals surface area contributed by atoms with Gasteiger partial charge in [-0.25, -0.2) is 9.97 Å². The zero-order valence-corrected chi connectivity index (χ0v) is 16.6. The van der Waals surface area contributed by atoms with Gasteiger partial charge >= 0.3 is 0 Å². The number of nitrogens with zero attached hydrogens (tertiary/aromatic N) is 5. The first-order valence-electron chi connectivity index (χ1n) is 9.15. The summed E-state index contributed by atoms with van der Waals surface area (Å²) in [7, 11) is 1.79. The molecule has 8 nitrogen and oxygen atoms in total. The van der Waals surface area contributed by atoms with E-state index in [4.69, 9.17) is 0 Å². The van der Waals surface area contributed by atoms with Crippen molar-refractivity contribution in [3.05, 3.63) is 47.4 Å². The second-order valence-electron chi connectivity index (χ2n) is 6.91. The SMILES string of the molecule is CC(=O)N(C)[C@H]1CCN(C(=O)c2ccc(NCc3cnc4sccn34)nc2)C1. The van der Waals surface area contributed by atoms with Crippen molar-refractivity contribution in [3.8, 4) is 0 Å². The Balaban J connectivity index is 1.36. The minimum absolute atomic E-state index is 0.0225. The van der Waals surface area contributed by atoms with Crippen LogP contribution in [0.1, 0.15) is 29.4 Å². The van der Waals surface area contributed by atoms with E-state index in [1.165, 1.54) is 0 Å². The molecule has 0 aliphatic carbocycles. The Hall–Kier alpha value is -2.94. The van der Waals surface area contributed by atoms with Crippen LogP contribution in [0.5, 0.6) is 0 Å². The summed E-state index contributed by atoms with van der Waals surface area (Å²) in [6.07, 6.45) is 6.24. The molecule has 3 aromatic heterocycles. The summed E-state index contributed by atoms with van der Waals surface area (Å²) >= 11 is 1.59. The molecule has 146 valence electrons. The number of rotatable bonds is 5. The molecule has 9 heteroatoms. The van der Waals surface area contributed by atoms with Crippen molar-refractivity contribution in [1.29, 1.82) is 0 Å². The molecule has 2 amide bonds. The Morgan fingerprint density at radius 1 is 1.32 bits per heavy atom. The molecule has 0 bridgehead atoms. The third-order valence-electron chi connectivity index (χ3n) is 5.18. The van der Waals surface area contributed by atoms with Crippen molar-refractivity contribution in [2.75, 3.05) is 25.5 Å². The number of likely N-dealkylation sites (tertiary alicyclic amines) is 1. The molecule has 0 spiro atoms. The standard InChI is InChI=1S/C19H22N6O2S/c1-13(26)23(2)15-5-6-24(12-15)18(27)14-3-4-17(20-9-14)21-10-16-11-22-19-25(16)7-8-28-19/h3-4,7-9,11,15H,5-6,10,12H2,1-2H3,(H,20,21)/t15-/m0/s1. The van der Waals surface area contributed by atoms with Crippen LogP contribution in [0.3, 0.4) is 0 Å². The normalized spacial score (nSPS) is 16.5. The molecule has 1 saturated heterocycles. The molecule has 1 aliphatic heterocycles. The van der Waals surface area contributed by atoms with Gasteiger partial charge in [0.1, 0.15) is 5.82 Å². The van der Waals surface area contributed by atoms with Gasteiger partial charge in [0.25, 0.3) is 5.91 Å². The lowest BCUT2D eigenvalue weighted by Gasteiger charge is -2.23. The van der Waals surface area contributed by atoms with E-state index < -0.39 is 0 Å². The lowest BCUT2D eigenvalue weighted by Crippen LogP contribution is -2.38. The number of hydrogen-bond acceptors (Lipinski definition) is 6. The predicted octanol–water partition coefficient (Wildman–Crippen LogP) is 2.10. The first-order chi connectivity index (χ1) is 13.5. The third kappa shape index (κ3) is 3.57. The van der Waals surface area contributed by atoms with Gasteiger partial charge in [0.2, 0.25) is 5.91 Å². The maximum absolute atomic E-state index is 12.7. The van der Waals surface area contributed by atoms with Crippen LogP contribution in [0.15, 0.2) is 36.1 Å². The van der Waals surface area contributed by atoms with Crippen LogP contribution in [0.25, 0.3) is 4.96 Å². The molecule has 1 aliphatic rings. The second-order valence-corrected chi connectivity index (χ2v) is 7.79. The van der Waals surface area contributed by atoms with E-state index in [-0.39, 0.29) is 17.9 Å². The number of imidazole rings is 1. The van der Waals surface area contributed by atoms with Crippen LogP contribution in [0.2, 0.25) is 0 Å². The molecular weight excluding hydrogens is 376 g/mol. The summed E-state index contributed by atoms with van der Waals surface area (Å²) in [6.45, 7) is 3.36. The van der Waals surface area contributed by atoms with E-state index >= 15 is 0 Å². The van der Waals surface area contributed by atoms with Crippen LogP contribution in [0.4, 0.5) is 5.82 Å². The molecule has 4 heterocycles. The molecule has 4 rings (SSSR count). The van der Waals surface area contributed by atoms with Gasteiger partial charge < -0.3 is 15.1 Å². The van der Waals surface area contributed by atoms with Crippen LogP contribution in [0, 0.1) is 0 Å². The third-order valence-corrected chi connectivity index (χ3v) is 5.95. The van der Waals surface area contributed by atoms with Crippen molar-refractivity contribution in [2.45, 2.75) is 25.9 Å². The van der Waals surface area contributed by atoms with Crippen LogP contribution >= 0.6 is 11.3 Å². The molecule has 0 saturated carbocycles. The van der Waals surface area contributed by atoms with Crippen molar-refractivity contribution in [1.82, 2.24) is 24.2 Å². The van der Waals surface area contributed by atoms with E-state index in [0.717, 1.165) is 17.1 Å². The lowest BCUT2D eigenvalue weighted by molar-refractivity contribution is -0.129. The van der Waals surface area contributed by atoms with Crippen molar-refractivity contribution < 1.29 is 9.59 Å². The van der Waals surface area contributed by atoms with Crippen molar-refractivity contribution >= 4 is 33.9 Å². The fourth-order valence-electron chi connectivity index (χ4n) is 3.39. The van der Waals surface area contributed by atoms with Gasteiger partial charge in [0.05, 0.1) is 30.0 Å². The monoisotopic (exact) mass is 398 g/mol. The van der Waals surface area contributed by atoms with Gasteiger partial charge in [-0.3, -0.25) is 14.0 Å². The molecule has 0 radical (unpaired) electrons. The highest BCUT2D eigenvalue weighted by Crippen LogP contribution is 2.18. The molecule has 0 aromatic carbocycles. The molecule has 1 fully saturated rings. The maximum Gasteiger partial charge on any atom is 0.255 e. The quantitative estimate of drug-likeness (QED) is 0.712. The largest absolute Gasteiger partial charge is 0.364 e. The lowest BCUT2D eigenvalue weighted by atomic mass is 10.2. The topological polar surface area (TPSA) is 82.8 Å². The van der Waals surface area contributed by atoms with E-state index in [9.17, 15) is 9.59 Å². The highest BCUT2D eigenvalue weighted by Gasteiger charge is 2.30. The summed E-state index contributed by atoms with van der Waals surface area (Å²) in [5.74, 6) is 0.681. The van der Waals surface area contributed by atoms with E-state index in [1.54, 1.807) is 47.4 Å². The Morgan fingerprint density at radius 3 is 2.93 bits per heavy atom. The minimum atomic E-state index is -0.0470. The highest BCUT2D eigenvalue weighted by atomic mass is 32.1. The number of carbonyl (C=O) groups excluding carboxylic acids is 2. The first-order valence-corrected chi connectivity index (χ1v) is 10.0. The number of pyridine rings is 1. The number of likely N-dealkylation sites (N-methyl/N-ethyl adjacent to an activating group) is 1. The molecule has 0 unspecified atom stereocenters. The number of amides is 2. The average Bonchev–Trinajstić information content (AvgIpc) is 3.43. The summed E-state index contributed by atoms with van der Waals surface area (Å²) < 4.78 is 2.04. The maximum atomic E-state index is 12.7. The zero-order valence-electron chi connectivity index (χ0n) is 15.8. The Morgan fingerprint density at radius 2 is 2.18 bits per heavy atom. The van der Waals surface area contributed by atoms with Crippen LogP contribution in [-0.2, 0) is 11.3 Å². The predicted molar refractivity (Wildman–Crippen MR) is 107 cm³/mol. The van der Waals surface area contributed by atoms with Crippen LogP contribution in [-0.4, -0.2) is 62.2 Å². The Bertz CT molecular complexity index is 995. The smallest absolute Gasteiger partial charge is 0.255 e. The number of aromatic nitrogens is 3. The second kappa shape index (κ2) is 7.59.